The van der Waals surface area contributed by atoms with Crippen molar-refractivity contribution in [3.63, 3.8) is 0 Å². The molecule has 0 aliphatic carbocycles. The van der Waals surface area contributed by atoms with Gasteiger partial charge in [-0.05, 0) is 19.9 Å². The first kappa shape index (κ1) is 17.2. The summed E-state index contributed by atoms with van der Waals surface area (Å²) in [5.74, 6) is 2.85. The largest absolute Gasteiger partial charge is 0.481 e. The van der Waals surface area contributed by atoms with Gasteiger partial charge in [-0.2, -0.15) is 10.1 Å². The molecule has 1 saturated heterocycles. The number of anilines is 2. The van der Waals surface area contributed by atoms with Crippen molar-refractivity contribution < 1.29 is 4.74 Å². The van der Waals surface area contributed by atoms with E-state index >= 15 is 0 Å². The molecule has 1 aliphatic heterocycles. The van der Waals surface area contributed by atoms with Crippen LogP contribution in [-0.2, 0) is 0 Å². The van der Waals surface area contributed by atoms with E-state index in [2.05, 4.69) is 29.9 Å². The summed E-state index contributed by atoms with van der Waals surface area (Å²) in [6.45, 7) is 7.23. The van der Waals surface area contributed by atoms with Crippen LogP contribution < -0.4 is 14.5 Å². The molecule has 0 radical (unpaired) electrons. The number of rotatable bonds is 4. The van der Waals surface area contributed by atoms with Crippen LogP contribution >= 0.6 is 0 Å². The van der Waals surface area contributed by atoms with Gasteiger partial charge in [0.2, 0.25) is 11.8 Å². The lowest BCUT2D eigenvalue weighted by molar-refractivity contribution is 0.396. The fourth-order valence-electron chi connectivity index (χ4n) is 3.19. The fraction of sp³-hybridized carbons (Fsp3) is 0.389. The number of hydrogen-bond donors (Lipinski definition) is 0. The van der Waals surface area contributed by atoms with Crippen LogP contribution in [0.25, 0.3) is 5.82 Å². The highest BCUT2D eigenvalue weighted by molar-refractivity contribution is 5.43. The molecule has 4 heterocycles. The molecular weight excluding hydrogens is 344 g/mol. The number of aromatic nitrogens is 6. The average Bonchev–Trinajstić information content (AvgIpc) is 3.06. The molecule has 9 heteroatoms. The van der Waals surface area contributed by atoms with Crippen LogP contribution in [0.5, 0.6) is 5.88 Å². The van der Waals surface area contributed by atoms with Gasteiger partial charge in [-0.15, -0.1) is 0 Å². The average molecular weight is 366 g/mol. The highest BCUT2D eigenvalue weighted by atomic mass is 16.5. The summed E-state index contributed by atoms with van der Waals surface area (Å²) in [4.78, 5) is 22.3. The second-order valence-corrected chi connectivity index (χ2v) is 6.45. The summed E-state index contributed by atoms with van der Waals surface area (Å²) < 4.78 is 7.01. The highest BCUT2D eigenvalue weighted by Gasteiger charge is 2.21. The van der Waals surface area contributed by atoms with Crippen molar-refractivity contribution in [2.45, 2.75) is 13.8 Å². The Kier molecular flexibility index (Phi) is 4.57. The Bertz CT molecular complexity index is 933. The summed E-state index contributed by atoms with van der Waals surface area (Å²) in [5.41, 5.74) is 2.01. The van der Waals surface area contributed by atoms with Gasteiger partial charge in [0.05, 0.1) is 25.2 Å². The first-order valence-electron chi connectivity index (χ1n) is 8.86. The molecule has 0 aromatic carbocycles. The molecule has 0 bridgehead atoms. The lowest BCUT2D eigenvalue weighted by Gasteiger charge is -2.35. The quantitative estimate of drug-likeness (QED) is 0.685. The second kappa shape index (κ2) is 7.18. The minimum atomic E-state index is 0.575. The summed E-state index contributed by atoms with van der Waals surface area (Å²) in [7, 11) is 1.61. The molecule has 9 nitrogen and oxygen atoms in total. The van der Waals surface area contributed by atoms with Crippen LogP contribution in [0.2, 0.25) is 0 Å². The van der Waals surface area contributed by atoms with Crippen LogP contribution in [0.3, 0.4) is 0 Å². The van der Waals surface area contributed by atoms with Crippen molar-refractivity contribution in [3.8, 4) is 11.7 Å². The van der Waals surface area contributed by atoms with Crippen molar-refractivity contribution in [2.75, 3.05) is 43.1 Å². The van der Waals surface area contributed by atoms with E-state index in [-0.39, 0.29) is 0 Å². The van der Waals surface area contributed by atoms with Gasteiger partial charge in [0, 0.05) is 44.1 Å². The van der Waals surface area contributed by atoms with Gasteiger partial charge < -0.3 is 14.5 Å². The first-order chi connectivity index (χ1) is 13.1. The standard InChI is InChI=1S/C18H22N8O/c1-13-10-14(2)26(23-13)16-12-19-11-15(21-16)24-6-8-25(9-7-24)18-20-5-4-17(22-18)27-3/h4-5,10-12H,6-9H2,1-3H3. The van der Waals surface area contributed by atoms with E-state index in [1.54, 1.807) is 31.8 Å². The van der Waals surface area contributed by atoms with E-state index < -0.39 is 0 Å². The number of ether oxygens (including phenoxy) is 1. The molecule has 1 fully saturated rings. The van der Waals surface area contributed by atoms with E-state index in [4.69, 9.17) is 9.72 Å². The Morgan fingerprint density at radius 2 is 1.70 bits per heavy atom. The molecule has 0 saturated carbocycles. The minimum absolute atomic E-state index is 0.575. The van der Waals surface area contributed by atoms with Crippen molar-refractivity contribution in [1.82, 2.24) is 29.7 Å². The number of nitrogens with zero attached hydrogens (tertiary/aromatic N) is 8. The molecule has 0 N–H and O–H groups in total. The van der Waals surface area contributed by atoms with E-state index in [0.717, 1.165) is 49.2 Å². The van der Waals surface area contributed by atoms with E-state index in [0.29, 0.717) is 11.8 Å². The Morgan fingerprint density at radius 3 is 2.41 bits per heavy atom. The van der Waals surface area contributed by atoms with E-state index in [9.17, 15) is 0 Å². The van der Waals surface area contributed by atoms with Gasteiger partial charge in [-0.25, -0.2) is 14.6 Å². The van der Waals surface area contributed by atoms with Gasteiger partial charge in [-0.3, -0.25) is 4.98 Å². The van der Waals surface area contributed by atoms with Crippen molar-refractivity contribution in [3.05, 3.63) is 42.1 Å². The summed E-state index contributed by atoms with van der Waals surface area (Å²) in [6.07, 6.45) is 5.26. The zero-order valence-electron chi connectivity index (χ0n) is 15.7. The van der Waals surface area contributed by atoms with Crippen LogP contribution in [-0.4, -0.2) is 63.0 Å². The molecule has 0 spiro atoms. The number of methoxy groups -OCH3 is 1. The zero-order chi connectivity index (χ0) is 18.8. The summed E-state index contributed by atoms with van der Waals surface area (Å²) >= 11 is 0. The Labute approximate surface area is 157 Å². The first-order valence-corrected chi connectivity index (χ1v) is 8.86. The minimum Gasteiger partial charge on any atom is -0.481 e. The highest BCUT2D eigenvalue weighted by Crippen LogP contribution is 2.19. The van der Waals surface area contributed by atoms with Gasteiger partial charge in [0.15, 0.2) is 5.82 Å². The van der Waals surface area contributed by atoms with Gasteiger partial charge in [0.1, 0.15) is 5.82 Å². The maximum Gasteiger partial charge on any atom is 0.228 e. The summed E-state index contributed by atoms with van der Waals surface area (Å²) in [5, 5.41) is 4.49. The van der Waals surface area contributed by atoms with Crippen LogP contribution in [0.1, 0.15) is 11.4 Å². The molecule has 3 aromatic heterocycles. The zero-order valence-corrected chi connectivity index (χ0v) is 15.7. The van der Waals surface area contributed by atoms with E-state index in [1.165, 1.54) is 0 Å². The third kappa shape index (κ3) is 3.53. The second-order valence-electron chi connectivity index (χ2n) is 6.45. The van der Waals surface area contributed by atoms with Crippen LogP contribution in [0, 0.1) is 13.8 Å². The molecule has 140 valence electrons. The number of hydrogen-bond acceptors (Lipinski definition) is 8. The molecule has 3 aromatic rings. The Balaban J connectivity index is 1.48. The van der Waals surface area contributed by atoms with Crippen molar-refractivity contribution in [1.29, 1.82) is 0 Å². The van der Waals surface area contributed by atoms with Gasteiger partial charge >= 0.3 is 0 Å². The van der Waals surface area contributed by atoms with Crippen molar-refractivity contribution in [2.24, 2.45) is 0 Å². The maximum atomic E-state index is 5.19. The molecular formula is C18H22N8O. The lowest BCUT2D eigenvalue weighted by Crippen LogP contribution is -2.47. The fourth-order valence-corrected chi connectivity index (χ4v) is 3.19. The Morgan fingerprint density at radius 1 is 0.963 bits per heavy atom. The predicted molar refractivity (Wildman–Crippen MR) is 102 cm³/mol. The lowest BCUT2D eigenvalue weighted by atomic mass is 10.3. The topological polar surface area (TPSA) is 85.1 Å². The van der Waals surface area contributed by atoms with Crippen LogP contribution in [0.4, 0.5) is 11.8 Å². The molecule has 27 heavy (non-hydrogen) atoms. The molecule has 0 atom stereocenters. The van der Waals surface area contributed by atoms with E-state index in [1.807, 2.05) is 24.6 Å². The molecule has 4 rings (SSSR count). The Hall–Kier alpha value is -3.23. The monoisotopic (exact) mass is 366 g/mol. The molecule has 1 aliphatic rings. The smallest absolute Gasteiger partial charge is 0.228 e. The van der Waals surface area contributed by atoms with Crippen molar-refractivity contribution >= 4 is 11.8 Å². The normalized spacial score (nSPS) is 14.5. The maximum absolute atomic E-state index is 5.19. The van der Waals surface area contributed by atoms with Gasteiger partial charge in [-0.1, -0.05) is 0 Å². The predicted octanol–water partition coefficient (Wildman–Crippen LogP) is 1.40. The third-order valence-electron chi connectivity index (χ3n) is 4.55. The SMILES string of the molecule is COc1ccnc(N2CCN(c3cncc(-n4nc(C)cc4C)n3)CC2)n1. The molecule has 0 unspecified atom stereocenters. The number of piperazine rings is 1. The molecule has 0 amide bonds. The van der Waals surface area contributed by atoms with Crippen LogP contribution in [0.15, 0.2) is 30.7 Å². The van der Waals surface area contributed by atoms with Gasteiger partial charge in [0.25, 0.3) is 0 Å². The third-order valence-corrected chi connectivity index (χ3v) is 4.55. The number of aryl methyl sites for hydroxylation is 2. The summed E-state index contributed by atoms with van der Waals surface area (Å²) in [6, 6.07) is 3.78.